The summed E-state index contributed by atoms with van der Waals surface area (Å²) >= 11 is 1.70. The lowest BCUT2D eigenvalue weighted by Gasteiger charge is -2.17. The maximum Gasteiger partial charge on any atom is 0.237 e. The second-order valence-corrected chi connectivity index (χ2v) is 4.86. The zero-order valence-electron chi connectivity index (χ0n) is 10.4. The van der Waals surface area contributed by atoms with Gasteiger partial charge in [0.15, 0.2) is 0 Å². The van der Waals surface area contributed by atoms with E-state index < -0.39 is 0 Å². The second-order valence-electron chi connectivity index (χ2n) is 3.75. The first-order valence-corrected chi connectivity index (χ1v) is 6.82. The van der Waals surface area contributed by atoms with Crippen LogP contribution in [0.2, 0.25) is 0 Å². The van der Waals surface area contributed by atoms with E-state index in [4.69, 9.17) is 6.42 Å². The maximum absolute atomic E-state index is 11.6. The molecule has 4 heteroatoms. The molecule has 0 rings (SSSR count). The summed E-state index contributed by atoms with van der Waals surface area (Å²) in [5, 5.41) is 6.11. The van der Waals surface area contributed by atoms with E-state index in [9.17, 15) is 4.79 Å². The Kier molecular flexibility index (Phi) is 9.16. The van der Waals surface area contributed by atoms with E-state index in [1.807, 2.05) is 13.8 Å². The number of hydrogen-bond acceptors (Lipinski definition) is 3. The van der Waals surface area contributed by atoms with Gasteiger partial charge in [0.05, 0.1) is 11.8 Å². The van der Waals surface area contributed by atoms with Gasteiger partial charge in [-0.15, -0.1) is 18.2 Å². The smallest absolute Gasteiger partial charge is 0.237 e. The van der Waals surface area contributed by atoms with Gasteiger partial charge in [-0.05, 0) is 20.3 Å². The van der Waals surface area contributed by atoms with Gasteiger partial charge in [-0.2, -0.15) is 0 Å². The molecule has 3 nitrogen and oxygen atoms in total. The lowest BCUT2D eigenvalue weighted by atomic mass is 10.2. The van der Waals surface area contributed by atoms with Crippen LogP contribution in [0.3, 0.4) is 0 Å². The van der Waals surface area contributed by atoms with Gasteiger partial charge in [-0.1, -0.05) is 12.8 Å². The monoisotopic (exact) mass is 242 g/mol. The highest BCUT2D eigenvalue weighted by molar-refractivity contribution is 7.99. The molecule has 0 spiro atoms. The fraction of sp³-hybridized carbons (Fsp3) is 0.750. The van der Waals surface area contributed by atoms with Gasteiger partial charge in [0, 0.05) is 18.3 Å². The van der Waals surface area contributed by atoms with Crippen molar-refractivity contribution in [3.63, 3.8) is 0 Å². The molecule has 0 bridgehead atoms. The third-order valence-corrected chi connectivity index (χ3v) is 3.14. The standard InChI is InChI=1S/C12H22N2OS/c1-5-8-16-9-7-13-11(4)12(15)14-10(3)6-2/h1,10-11,13H,6-9H2,2-4H3,(H,14,15). The van der Waals surface area contributed by atoms with Crippen LogP contribution in [0.1, 0.15) is 27.2 Å². The van der Waals surface area contributed by atoms with E-state index in [0.29, 0.717) is 0 Å². The molecule has 92 valence electrons. The first-order valence-electron chi connectivity index (χ1n) is 5.66. The highest BCUT2D eigenvalue weighted by Crippen LogP contribution is 1.96. The van der Waals surface area contributed by atoms with Crippen molar-refractivity contribution in [3.05, 3.63) is 0 Å². The molecule has 0 aromatic heterocycles. The van der Waals surface area contributed by atoms with Crippen LogP contribution >= 0.6 is 11.8 Å². The number of nitrogens with one attached hydrogen (secondary N) is 2. The van der Waals surface area contributed by atoms with E-state index in [-0.39, 0.29) is 18.0 Å². The van der Waals surface area contributed by atoms with Gasteiger partial charge in [0.25, 0.3) is 0 Å². The van der Waals surface area contributed by atoms with Gasteiger partial charge in [0.1, 0.15) is 0 Å². The van der Waals surface area contributed by atoms with Crippen LogP contribution in [0.15, 0.2) is 0 Å². The molecule has 0 saturated heterocycles. The summed E-state index contributed by atoms with van der Waals surface area (Å²) in [5.74, 6) is 4.30. The van der Waals surface area contributed by atoms with Crippen LogP contribution in [0.4, 0.5) is 0 Å². The Hall–Kier alpha value is -0.660. The summed E-state index contributed by atoms with van der Waals surface area (Å²) in [4.78, 5) is 11.6. The van der Waals surface area contributed by atoms with Crippen molar-refractivity contribution in [1.82, 2.24) is 10.6 Å². The summed E-state index contributed by atoms with van der Waals surface area (Å²) in [6.45, 7) is 6.75. The van der Waals surface area contributed by atoms with Crippen molar-refractivity contribution in [1.29, 1.82) is 0 Å². The topological polar surface area (TPSA) is 41.1 Å². The highest BCUT2D eigenvalue weighted by atomic mass is 32.2. The molecular formula is C12H22N2OS. The van der Waals surface area contributed by atoms with E-state index in [1.165, 1.54) is 0 Å². The minimum Gasteiger partial charge on any atom is -0.352 e. The van der Waals surface area contributed by atoms with Gasteiger partial charge < -0.3 is 10.6 Å². The Labute approximate surface area is 103 Å². The molecule has 0 heterocycles. The Morgan fingerprint density at radius 3 is 2.75 bits per heavy atom. The maximum atomic E-state index is 11.6. The Balaban J connectivity index is 3.60. The van der Waals surface area contributed by atoms with Crippen LogP contribution in [-0.4, -0.2) is 36.0 Å². The Morgan fingerprint density at radius 2 is 2.19 bits per heavy atom. The van der Waals surface area contributed by atoms with Crippen molar-refractivity contribution in [2.45, 2.75) is 39.3 Å². The van der Waals surface area contributed by atoms with E-state index >= 15 is 0 Å². The molecule has 2 unspecified atom stereocenters. The first kappa shape index (κ1) is 15.3. The number of rotatable bonds is 8. The molecule has 16 heavy (non-hydrogen) atoms. The van der Waals surface area contributed by atoms with Crippen LogP contribution in [0.25, 0.3) is 0 Å². The van der Waals surface area contributed by atoms with Gasteiger partial charge in [-0.25, -0.2) is 0 Å². The number of carbonyl (C=O) groups excluding carboxylic acids is 1. The number of carbonyl (C=O) groups is 1. The first-order chi connectivity index (χ1) is 7.61. The van der Waals surface area contributed by atoms with Crippen LogP contribution in [0, 0.1) is 12.3 Å². The largest absolute Gasteiger partial charge is 0.352 e. The van der Waals surface area contributed by atoms with Crippen molar-refractivity contribution in [3.8, 4) is 12.3 Å². The van der Waals surface area contributed by atoms with Crippen molar-refractivity contribution >= 4 is 17.7 Å². The van der Waals surface area contributed by atoms with Gasteiger partial charge in [-0.3, -0.25) is 4.79 Å². The van der Waals surface area contributed by atoms with Gasteiger partial charge >= 0.3 is 0 Å². The quantitative estimate of drug-likeness (QED) is 0.497. The number of amides is 1. The third kappa shape index (κ3) is 7.61. The zero-order chi connectivity index (χ0) is 12.4. The average molecular weight is 242 g/mol. The SMILES string of the molecule is C#CCSCCNC(C)C(=O)NC(C)CC. The summed E-state index contributed by atoms with van der Waals surface area (Å²) in [7, 11) is 0. The molecule has 0 radical (unpaired) electrons. The molecule has 2 N–H and O–H groups in total. The Morgan fingerprint density at radius 1 is 1.50 bits per heavy atom. The predicted octanol–water partition coefficient (Wildman–Crippen LogP) is 1.25. The van der Waals surface area contributed by atoms with Crippen molar-refractivity contribution < 1.29 is 4.79 Å². The minimum absolute atomic E-state index is 0.0660. The minimum atomic E-state index is -0.138. The predicted molar refractivity (Wildman–Crippen MR) is 71.5 cm³/mol. The summed E-state index contributed by atoms with van der Waals surface area (Å²) in [6.07, 6.45) is 6.09. The fourth-order valence-electron chi connectivity index (χ4n) is 1.04. The number of thioether (sulfide) groups is 1. The summed E-state index contributed by atoms with van der Waals surface area (Å²) in [5.41, 5.74) is 0. The van der Waals surface area contributed by atoms with E-state index in [0.717, 1.165) is 24.5 Å². The van der Waals surface area contributed by atoms with E-state index in [2.05, 4.69) is 23.5 Å². The molecule has 0 aromatic rings. The van der Waals surface area contributed by atoms with Crippen LogP contribution in [0.5, 0.6) is 0 Å². The molecule has 0 aliphatic heterocycles. The average Bonchev–Trinajstić information content (AvgIpc) is 2.28. The molecule has 0 fully saturated rings. The third-order valence-electron chi connectivity index (χ3n) is 2.28. The number of terminal acetylenes is 1. The summed E-state index contributed by atoms with van der Waals surface area (Å²) < 4.78 is 0. The van der Waals surface area contributed by atoms with Gasteiger partial charge in [0.2, 0.25) is 5.91 Å². The second kappa shape index (κ2) is 9.56. The molecule has 0 aliphatic rings. The lowest BCUT2D eigenvalue weighted by molar-refractivity contribution is -0.123. The fourth-order valence-corrected chi connectivity index (χ4v) is 1.57. The Bertz CT molecular complexity index is 238. The number of hydrogen-bond donors (Lipinski definition) is 2. The molecule has 0 aromatic carbocycles. The van der Waals surface area contributed by atoms with Crippen LogP contribution in [-0.2, 0) is 4.79 Å². The molecule has 0 saturated carbocycles. The molecule has 2 atom stereocenters. The zero-order valence-corrected chi connectivity index (χ0v) is 11.2. The molecule has 0 aliphatic carbocycles. The molecular weight excluding hydrogens is 220 g/mol. The summed E-state index contributed by atoms with van der Waals surface area (Å²) in [6, 6.07) is 0.105. The van der Waals surface area contributed by atoms with Crippen molar-refractivity contribution in [2.24, 2.45) is 0 Å². The normalized spacial score (nSPS) is 13.9. The molecule has 1 amide bonds. The van der Waals surface area contributed by atoms with E-state index in [1.54, 1.807) is 11.8 Å². The highest BCUT2D eigenvalue weighted by Gasteiger charge is 2.12. The van der Waals surface area contributed by atoms with Crippen LogP contribution < -0.4 is 10.6 Å². The van der Waals surface area contributed by atoms with Crippen molar-refractivity contribution in [2.75, 3.05) is 18.1 Å². The lowest BCUT2D eigenvalue weighted by Crippen LogP contribution is -2.45.